The third-order valence-corrected chi connectivity index (χ3v) is 2.84. The van der Waals surface area contributed by atoms with Crippen LogP contribution in [0.15, 0.2) is 30.3 Å². The van der Waals surface area contributed by atoms with E-state index >= 15 is 0 Å². The standard InChI is InChI=1S/C12H7Cl3FNO/c13-6-1-7(14)3-8(2-6)18-12-4-9(15)10(16)5-11(12)17/h1-5H,17H2. The summed E-state index contributed by atoms with van der Waals surface area (Å²) >= 11 is 17.3. The quantitative estimate of drug-likeness (QED) is 0.778. The zero-order chi connectivity index (χ0) is 13.3. The van der Waals surface area contributed by atoms with Crippen molar-refractivity contribution >= 4 is 40.5 Å². The first-order valence-corrected chi connectivity index (χ1v) is 5.97. The van der Waals surface area contributed by atoms with E-state index < -0.39 is 5.82 Å². The molecule has 0 fully saturated rings. The SMILES string of the molecule is Nc1cc(F)c(Cl)cc1Oc1cc(Cl)cc(Cl)c1. The predicted octanol–water partition coefficient (Wildman–Crippen LogP) is 5.16. The van der Waals surface area contributed by atoms with Gasteiger partial charge in [0.25, 0.3) is 0 Å². The molecule has 0 aliphatic rings. The monoisotopic (exact) mass is 305 g/mol. The van der Waals surface area contributed by atoms with Crippen molar-refractivity contribution in [3.05, 3.63) is 51.2 Å². The molecule has 2 aromatic carbocycles. The molecule has 0 aliphatic heterocycles. The molecule has 0 radical (unpaired) electrons. The van der Waals surface area contributed by atoms with Crippen LogP contribution in [0.3, 0.4) is 0 Å². The maximum atomic E-state index is 13.1. The third kappa shape index (κ3) is 2.99. The minimum absolute atomic E-state index is 0.0766. The Morgan fingerprint density at radius 2 is 1.56 bits per heavy atom. The lowest BCUT2D eigenvalue weighted by molar-refractivity contribution is 0.483. The van der Waals surface area contributed by atoms with Crippen LogP contribution in [0.2, 0.25) is 15.1 Å². The van der Waals surface area contributed by atoms with E-state index in [1.165, 1.54) is 6.07 Å². The zero-order valence-electron chi connectivity index (χ0n) is 8.88. The van der Waals surface area contributed by atoms with Gasteiger partial charge in [-0.15, -0.1) is 0 Å². The molecule has 0 unspecified atom stereocenters. The Balaban J connectivity index is 2.36. The molecule has 0 heterocycles. The molecule has 94 valence electrons. The number of anilines is 1. The Kier molecular flexibility index (Phi) is 3.85. The Morgan fingerprint density at radius 1 is 0.944 bits per heavy atom. The van der Waals surface area contributed by atoms with E-state index in [0.29, 0.717) is 15.8 Å². The number of hydrogen-bond donors (Lipinski definition) is 1. The number of rotatable bonds is 2. The topological polar surface area (TPSA) is 35.2 Å². The van der Waals surface area contributed by atoms with E-state index in [2.05, 4.69) is 0 Å². The number of halogens is 4. The van der Waals surface area contributed by atoms with Gasteiger partial charge in [-0.2, -0.15) is 0 Å². The highest BCUT2D eigenvalue weighted by Crippen LogP contribution is 2.34. The third-order valence-electron chi connectivity index (χ3n) is 2.12. The Bertz CT molecular complexity index is 584. The average molecular weight is 307 g/mol. The van der Waals surface area contributed by atoms with Gasteiger partial charge in [0.05, 0.1) is 10.7 Å². The first kappa shape index (κ1) is 13.3. The Labute approximate surface area is 118 Å². The normalized spacial score (nSPS) is 10.4. The molecule has 0 aromatic heterocycles. The van der Waals surface area contributed by atoms with Crippen LogP contribution in [-0.4, -0.2) is 0 Å². The highest BCUT2D eigenvalue weighted by molar-refractivity contribution is 6.34. The molecule has 18 heavy (non-hydrogen) atoms. The van der Waals surface area contributed by atoms with Gasteiger partial charge >= 0.3 is 0 Å². The van der Waals surface area contributed by atoms with Crippen molar-refractivity contribution in [3.8, 4) is 11.5 Å². The molecule has 0 saturated carbocycles. The van der Waals surface area contributed by atoms with Gasteiger partial charge in [0, 0.05) is 22.2 Å². The minimum atomic E-state index is -0.606. The molecule has 2 N–H and O–H groups in total. The van der Waals surface area contributed by atoms with Gasteiger partial charge < -0.3 is 10.5 Å². The lowest BCUT2D eigenvalue weighted by Crippen LogP contribution is -1.94. The molecule has 6 heteroatoms. The Hall–Kier alpha value is -1.16. The van der Waals surface area contributed by atoms with E-state index in [0.717, 1.165) is 6.07 Å². The lowest BCUT2D eigenvalue weighted by Gasteiger charge is -2.10. The van der Waals surface area contributed by atoms with Crippen LogP contribution in [0.25, 0.3) is 0 Å². The minimum Gasteiger partial charge on any atom is -0.455 e. The molecule has 0 saturated heterocycles. The number of benzene rings is 2. The van der Waals surface area contributed by atoms with Gasteiger partial charge in [-0.05, 0) is 18.2 Å². The van der Waals surface area contributed by atoms with Crippen molar-refractivity contribution in [1.29, 1.82) is 0 Å². The molecule has 0 spiro atoms. The molecular weight excluding hydrogens is 299 g/mol. The first-order valence-electron chi connectivity index (χ1n) is 4.84. The molecule has 2 aromatic rings. The van der Waals surface area contributed by atoms with Crippen molar-refractivity contribution in [2.75, 3.05) is 5.73 Å². The van der Waals surface area contributed by atoms with Gasteiger partial charge in [-0.25, -0.2) is 4.39 Å². The average Bonchev–Trinajstić information content (AvgIpc) is 2.24. The van der Waals surface area contributed by atoms with Crippen molar-refractivity contribution in [2.45, 2.75) is 0 Å². The first-order chi connectivity index (χ1) is 8.45. The fraction of sp³-hybridized carbons (Fsp3) is 0. The van der Waals surface area contributed by atoms with Crippen LogP contribution in [-0.2, 0) is 0 Å². The van der Waals surface area contributed by atoms with Crippen LogP contribution in [0.4, 0.5) is 10.1 Å². The van der Waals surface area contributed by atoms with Gasteiger partial charge in [0.2, 0.25) is 0 Å². The van der Waals surface area contributed by atoms with Gasteiger partial charge in [0.15, 0.2) is 5.75 Å². The summed E-state index contributed by atoms with van der Waals surface area (Å²) in [5, 5.41) is 0.765. The second-order valence-corrected chi connectivity index (χ2v) is 4.79. The summed E-state index contributed by atoms with van der Waals surface area (Å²) in [6, 6.07) is 7.07. The van der Waals surface area contributed by atoms with Crippen LogP contribution in [0, 0.1) is 5.82 Å². The number of nitrogen functional groups attached to an aromatic ring is 1. The van der Waals surface area contributed by atoms with E-state index in [4.69, 9.17) is 45.3 Å². The second-order valence-electron chi connectivity index (χ2n) is 3.51. The van der Waals surface area contributed by atoms with E-state index in [9.17, 15) is 4.39 Å². The van der Waals surface area contributed by atoms with Crippen molar-refractivity contribution in [2.24, 2.45) is 0 Å². The molecule has 0 aliphatic carbocycles. The smallest absolute Gasteiger partial charge is 0.152 e. The second kappa shape index (κ2) is 5.22. The molecular formula is C12H7Cl3FNO. The summed E-state index contributed by atoms with van der Waals surface area (Å²) in [7, 11) is 0. The van der Waals surface area contributed by atoms with Crippen LogP contribution >= 0.6 is 34.8 Å². The Morgan fingerprint density at radius 3 is 2.17 bits per heavy atom. The highest BCUT2D eigenvalue weighted by Gasteiger charge is 2.09. The van der Waals surface area contributed by atoms with E-state index in [1.807, 2.05) is 0 Å². The molecule has 2 rings (SSSR count). The van der Waals surface area contributed by atoms with E-state index in [1.54, 1.807) is 18.2 Å². The maximum Gasteiger partial charge on any atom is 0.152 e. The number of hydrogen-bond acceptors (Lipinski definition) is 2. The fourth-order valence-electron chi connectivity index (χ4n) is 1.35. The summed E-state index contributed by atoms with van der Waals surface area (Å²) in [6.07, 6.45) is 0. The summed E-state index contributed by atoms with van der Waals surface area (Å²) in [5.74, 6) is 0.0206. The lowest BCUT2D eigenvalue weighted by atomic mass is 10.3. The van der Waals surface area contributed by atoms with Crippen LogP contribution < -0.4 is 10.5 Å². The van der Waals surface area contributed by atoms with Gasteiger partial charge in [-0.1, -0.05) is 34.8 Å². The number of ether oxygens (including phenoxy) is 1. The largest absolute Gasteiger partial charge is 0.455 e. The zero-order valence-corrected chi connectivity index (χ0v) is 11.2. The van der Waals surface area contributed by atoms with Crippen molar-refractivity contribution in [3.63, 3.8) is 0 Å². The van der Waals surface area contributed by atoms with Crippen molar-refractivity contribution in [1.82, 2.24) is 0 Å². The summed E-state index contributed by atoms with van der Waals surface area (Å²) in [4.78, 5) is 0. The van der Waals surface area contributed by atoms with Gasteiger partial charge in [-0.3, -0.25) is 0 Å². The predicted molar refractivity (Wildman–Crippen MR) is 72.4 cm³/mol. The summed E-state index contributed by atoms with van der Waals surface area (Å²) < 4.78 is 18.6. The number of nitrogens with two attached hydrogens (primary N) is 1. The van der Waals surface area contributed by atoms with E-state index in [-0.39, 0.29) is 16.5 Å². The molecule has 0 amide bonds. The molecule has 0 atom stereocenters. The maximum absolute atomic E-state index is 13.1. The summed E-state index contributed by atoms with van der Waals surface area (Å²) in [6.45, 7) is 0. The van der Waals surface area contributed by atoms with Crippen LogP contribution in [0.5, 0.6) is 11.5 Å². The fourth-order valence-corrected chi connectivity index (χ4v) is 2.01. The van der Waals surface area contributed by atoms with Crippen LogP contribution in [0.1, 0.15) is 0 Å². The molecule has 0 bridgehead atoms. The highest BCUT2D eigenvalue weighted by atomic mass is 35.5. The van der Waals surface area contributed by atoms with Crippen molar-refractivity contribution < 1.29 is 9.13 Å². The van der Waals surface area contributed by atoms with Gasteiger partial charge in [0.1, 0.15) is 11.6 Å². The summed E-state index contributed by atoms with van der Waals surface area (Å²) in [5.41, 5.74) is 5.76. The molecule has 2 nitrogen and oxygen atoms in total.